The molecule has 0 aromatic heterocycles. The van der Waals surface area contributed by atoms with Gasteiger partial charge < -0.3 is 16.0 Å². The van der Waals surface area contributed by atoms with Crippen molar-refractivity contribution in [2.24, 2.45) is 0 Å². The number of aryl methyl sites for hydroxylation is 1. The fourth-order valence-corrected chi connectivity index (χ4v) is 2.09. The number of rotatable bonds is 5. The van der Waals surface area contributed by atoms with Crippen molar-refractivity contribution in [1.82, 2.24) is 0 Å². The quantitative estimate of drug-likeness (QED) is 0.830. The van der Waals surface area contributed by atoms with Crippen molar-refractivity contribution in [2.45, 2.75) is 12.8 Å². The molecule has 0 aliphatic heterocycles. The SMILES string of the molecule is CN(C)c1cccc(NC(=O)CCc2cccc(N)c2)c1. The minimum Gasteiger partial charge on any atom is -0.399 e. The molecule has 0 unspecified atom stereocenters. The minimum atomic E-state index is 0.00771. The van der Waals surface area contributed by atoms with Crippen LogP contribution in [0.3, 0.4) is 0 Å². The van der Waals surface area contributed by atoms with E-state index in [4.69, 9.17) is 5.73 Å². The van der Waals surface area contributed by atoms with Crippen molar-refractivity contribution in [3.05, 3.63) is 54.1 Å². The van der Waals surface area contributed by atoms with Crippen molar-refractivity contribution in [3.63, 3.8) is 0 Å². The van der Waals surface area contributed by atoms with Crippen LogP contribution < -0.4 is 16.0 Å². The Bertz CT molecular complexity index is 623. The van der Waals surface area contributed by atoms with Gasteiger partial charge in [-0.15, -0.1) is 0 Å². The summed E-state index contributed by atoms with van der Waals surface area (Å²) in [7, 11) is 3.95. The lowest BCUT2D eigenvalue weighted by molar-refractivity contribution is -0.116. The maximum Gasteiger partial charge on any atom is 0.224 e. The summed E-state index contributed by atoms with van der Waals surface area (Å²) in [6.07, 6.45) is 1.12. The van der Waals surface area contributed by atoms with Gasteiger partial charge in [-0.25, -0.2) is 0 Å². The van der Waals surface area contributed by atoms with Gasteiger partial charge in [0.15, 0.2) is 0 Å². The van der Waals surface area contributed by atoms with E-state index in [1.54, 1.807) is 0 Å². The predicted molar refractivity (Wildman–Crippen MR) is 88.6 cm³/mol. The van der Waals surface area contributed by atoms with Gasteiger partial charge in [0.05, 0.1) is 0 Å². The van der Waals surface area contributed by atoms with Crippen LogP contribution in [-0.4, -0.2) is 20.0 Å². The third-order valence-corrected chi connectivity index (χ3v) is 3.24. The molecule has 2 rings (SSSR count). The van der Waals surface area contributed by atoms with Gasteiger partial charge in [0.25, 0.3) is 0 Å². The van der Waals surface area contributed by atoms with E-state index < -0.39 is 0 Å². The van der Waals surface area contributed by atoms with Crippen LogP contribution in [0.1, 0.15) is 12.0 Å². The molecule has 0 radical (unpaired) electrons. The number of carbonyl (C=O) groups is 1. The molecule has 1 amide bonds. The average Bonchev–Trinajstić information content (AvgIpc) is 2.45. The van der Waals surface area contributed by atoms with Gasteiger partial charge in [0.1, 0.15) is 0 Å². The highest BCUT2D eigenvalue weighted by molar-refractivity contribution is 5.91. The van der Waals surface area contributed by atoms with E-state index in [9.17, 15) is 4.79 Å². The molecule has 2 aromatic rings. The molecule has 0 atom stereocenters. The Labute approximate surface area is 125 Å². The first kappa shape index (κ1) is 14.9. The Kier molecular flexibility index (Phi) is 4.82. The van der Waals surface area contributed by atoms with Crippen LogP contribution >= 0.6 is 0 Å². The number of carbonyl (C=O) groups excluding carboxylic acids is 1. The van der Waals surface area contributed by atoms with Gasteiger partial charge in [0.2, 0.25) is 5.91 Å². The molecule has 4 nitrogen and oxygen atoms in total. The topological polar surface area (TPSA) is 58.4 Å². The van der Waals surface area contributed by atoms with Crippen molar-refractivity contribution < 1.29 is 4.79 Å². The van der Waals surface area contributed by atoms with Crippen molar-refractivity contribution in [2.75, 3.05) is 30.0 Å². The average molecular weight is 283 g/mol. The molecular weight excluding hydrogens is 262 g/mol. The first-order valence-corrected chi connectivity index (χ1v) is 6.96. The van der Waals surface area contributed by atoms with Crippen molar-refractivity contribution >= 4 is 23.0 Å². The Balaban J connectivity index is 1.91. The second kappa shape index (κ2) is 6.79. The largest absolute Gasteiger partial charge is 0.399 e. The van der Waals surface area contributed by atoms with Crippen LogP contribution in [0.15, 0.2) is 48.5 Å². The molecule has 0 spiro atoms. The smallest absolute Gasteiger partial charge is 0.224 e. The Morgan fingerprint density at radius 2 is 1.90 bits per heavy atom. The van der Waals surface area contributed by atoms with E-state index >= 15 is 0 Å². The summed E-state index contributed by atoms with van der Waals surface area (Å²) < 4.78 is 0. The highest BCUT2D eigenvalue weighted by Crippen LogP contribution is 2.17. The van der Waals surface area contributed by atoms with E-state index in [1.807, 2.05) is 67.5 Å². The fourth-order valence-electron chi connectivity index (χ4n) is 2.09. The Morgan fingerprint density at radius 3 is 2.62 bits per heavy atom. The number of nitrogens with two attached hydrogens (primary N) is 1. The third-order valence-electron chi connectivity index (χ3n) is 3.24. The zero-order chi connectivity index (χ0) is 15.2. The number of benzene rings is 2. The third kappa shape index (κ3) is 4.53. The summed E-state index contributed by atoms with van der Waals surface area (Å²) in [6.45, 7) is 0. The minimum absolute atomic E-state index is 0.00771. The van der Waals surface area contributed by atoms with Crippen molar-refractivity contribution in [3.8, 4) is 0 Å². The lowest BCUT2D eigenvalue weighted by Gasteiger charge is -2.14. The van der Waals surface area contributed by atoms with Gasteiger partial charge >= 0.3 is 0 Å². The molecule has 3 N–H and O–H groups in total. The molecule has 0 bridgehead atoms. The summed E-state index contributed by atoms with van der Waals surface area (Å²) in [5.74, 6) is 0.00771. The van der Waals surface area contributed by atoms with Gasteiger partial charge in [-0.1, -0.05) is 18.2 Å². The number of nitrogens with one attached hydrogen (secondary N) is 1. The highest BCUT2D eigenvalue weighted by Gasteiger charge is 2.04. The molecule has 0 fully saturated rings. The molecule has 0 aliphatic rings. The molecule has 0 saturated carbocycles. The summed E-state index contributed by atoms with van der Waals surface area (Å²) in [4.78, 5) is 14.0. The number of anilines is 3. The van der Waals surface area contributed by atoms with E-state index in [1.165, 1.54) is 0 Å². The summed E-state index contributed by atoms with van der Waals surface area (Å²) in [5.41, 5.74) is 9.41. The number of nitrogen functional groups attached to an aromatic ring is 1. The van der Waals surface area contributed by atoms with Crippen LogP contribution in [0.2, 0.25) is 0 Å². The second-order valence-corrected chi connectivity index (χ2v) is 5.24. The first-order chi connectivity index (χ1) is 10.0. The Morgan fingerprint density at radius 1 is 1.14 bits per heavy atom. The molecule has 0 heterocycles. The predicted octanol–water partition coefficient (Wildman–Crippen LogP) is 2.91. The molecule has 0 saturated heterocycles. The van der Waals surface area contributed by atoms with Gasteiger partial charge in [-0.05, 0) is 42.3 Å². The molecule has 4 heteroatoms. The van der Waals surface area contributed by atoms with Crippen LogP contribution in [0.5, 0.6) is 0 Å². The molecule has 2 aromatic carbocycles. The van der Waals surface area contributed by atoms with E-state index in [2.05, 4.69) is 5.32 Å². The number of hydrogen-bond donors (Lipinski definition) is 2. The number of amides is 1. The molecule has 110 valence electrons. The zero-order valence-electron chi connectivity index (χ0n) is 12.5. The second-order valence-electron chi connectivity index (χ2n) is 5.24. The van der Waals surface area contributed by atoms with Crippen LogP contribution in [0, 0.1) is 0 Å². The fraction of sp³-hybridized carbons (Fsp3) is 0.235. The van der Waals surface area contributed by atoms with Gasteiger partial charge in [-0.3, -0.25) is 4.79 Å². The highest BCUT2D eigenvalue weighted by atomic mass is 16.1. The summed E-state index contributed by atoms with van der Waals surface area (Å²) in [5, 5.41) is 2.93. The first-order valence-electron chi connectivity index (χ1n) is 6.96. The normalized spacial score (nSPS) is 10.2. The number of nitrogens with zero attached hydrogens (tertiary/aromatic N) is 1. The Hall–Kier alpha value is -2.49. The molecule has 0 aliphatic carbocycles. The van der Waals surface area contributed by atoms with Gasteiger partial charge in [-0.2, -0.15) is 0 Å². The summed E-state index contributed by atoms with van der Waals surface area (Å²) >= 11 is 0. The van der Waals surface area contributed by atoms with Crippen LogP contribution in [0.25, 0.3) is 0 Å². The molecular formula is C17H21N3O. The lowest BCUT2D eigenvalue weighted by atomic mass is 10.1. The van der Waals surface area contributed by atoms with Crippen molar-refractivity contribution in [1.29, 1.82) is 0 Å². The molecule has 21 heavy (non-hydrogen) atoms. The van der Waals surface area contributed by atoms with E-state index in [0.29, 0.717) is 12.8 Å². The maximum atomic E-state index is 12.0. The van der Waals surface area contributed by atoms with E-state index in [-0.39, 0.29) is 5.91 Å². The van der Waals surface area contributed by atoms with E-state index in [0.717, 1.165) is 22.6 Å². The monoisotopic (exact) mass is 283 g/mol. The number of hydrogen-bond acceptors (Lipinski definition) is 3. The van der Waals surface area contributed by atoms with Crippen LogP contribution in [0.4, 0.5) is 17.1 Å². The standard InChI is InChI=1S/C17H21N3O/c1-20(2)16-8-4-7-15(12-16)19-17(21)10-9-13-5-3-6-14(18)11-13/h3-8,11-12H,9-10,18H2,1-2H3,(H,19,21). The van der Waals surface area contributed by atoms with Crippen LogP contribution in [-0.2, 0) is 11.2 Å². The maximum absolute atomic E-state index is 12.0. The lowest BCUT2D eigenvalue weighted by Crippen LogP contribution is -2.13. The zero-order valence-corrected chi connectivity index (χ0v) is 12.5. The summed E-state index contributed by atoms with van der Waals surface area (Å²) in [6, 6.07) is 15.4. The van der Waals surface area contributed by atoms with Gasteiger partial charge in [0, 0.05) is 37.6 Å².